The maximum absolute atomic E-state index is 6.13. The second-order valence-corrected chi connectivity index (χ2v) is 5.88. The van der Waals surface area contributed by atoms with Gasteiger partial charge in [-0.1, -0.05) is 60.7 Å². The fourth-order valence-corrected chi connectivity index (χ4v) is 2.46. The average Bonchev–Trinajstić information content (AvgIpc) is 2.56. The Hall–Kier alpha value is -1.88. The molecule has 0 saturated carbocycles. The van der Waals surface area contributed by atoms with Crippen molar-refractivity contribution in [2.24, 2.45) is 0 Å². The van der Waals surface area contributed by atoms with Crippen molar-refractivity contribution in [3.8, 4) is 5.88 Å². The molecule has 104 valence electrons. The Balaban J connectivity index is 1.95. The van der Waals surface area contributed by atoms with Crippen molar-refractivity contribution in [1.29, 1.82) is 0 Å². The highest BCUT2D eigenvalue weighted by molar-refractivity contribution is 14.1. The van der Waals surface area contributed by atoms with Gasteiger partial charge in [-0.25, -0.2) is 4.98 Å². The zero-order valence-electron chi connectivity index (χ0n) is 11.3. The number of aromatic nitrogens is 1. The molecule has 3 heteroatoms. The topological polar surface area (TPSA) is 22.1 Å². The van der Waals surface area contributed by atoms with Gasteiger partial charge in [-0.15, -0.1) is 0 Å². The minimum atomic E-state index is -0.153. The van der Waals surface area contributed by atoms with E-state index >= 15 is 0 Å². The Morgan fingerprint density at radius 2 is 1.33 bits per heavy atom. The Morgan fingerprint density at radius 1 is 0.762 bits per heavy atom. The van der Waals surface area contributed by atoms with E-state index in [-0.39, 0.29) is 6.10 Å². The van der Waals surface area contributed by atoms with Gasteiger partial charge in [-0.2, -0.15) is 0 Å². The van der Waals surface area contributed by atoms with E-state index in [1.807, 2.05) is 54.7 Å². The van der Waals surface area contributed by atoms with Crippen molar-refractivity contribution < 1.29 is 4.74 Å². The lowest BCUT2D eigenvalue weighted by Gasteiger charge is -2.19. The van der Waals surface area contributed by atoms with Crippen LogP contribution < -0.4 is 4.74 Å². The number of hydrogen-bond donors (Lipinski definition) is 0. The van der Waals surface area contributed by atoms with Gasteiger partial charge in [-0.05, 0) is 39.8 Å². The summed E-state index contributed by atoms with van der Waals surface area (Å²) < 4.78 is 7.22. The van der Waals surface area contributed by atoms with Crippen molar-refractivity contribution in [3.63, 3.8) is 0 Å². The first-order valence-electron chi connectivity index (χ1n) is 6.71. The number of hydrogen-bond acceptors (Lipinski definition) is 2. The summed E-state index contributed by atoms with van der Waals surface area (Å²) in [5.74, 6) is 0.633. The summed E-state index contributed by atoms with van der Waals surface area (Å²) in [5.41, 5.74) is 2.23. The molecule has 3 aromatic rings. The smallest absolute Gasteiger partial charge is 0.214 e. The quantitative estimate of drug-likeness (QED) is 0.597. The van der Waals surface area contributed by atoms with E-state index in [1.54, 1.807) is 0 Å². The molecule has 3 rings (SSSR count). The summed E-state index contributed by atoms with van der Waals surface area (Å²) in [5, 5.41) is 0. The SMILES string of the molecule is Ic1ccc(OC(c2ccccc2)c2ccccc2)nc1. The lowest BCUT2D eigenvalue weighted by molar-refractivity contribution is 0.237. The van der Waals surface area contributed by atoms with Gasteiger partial charge in [0.25, 0.3) is 0 Å². The molecule has 21 heavy (non-hydrogen) atoms. The van der Waals surface area contributed by atoms with E-state index in [0.717, 1.165) is 14.7 Å². The lowest BCUT2D eigenvalue weighted by Crippen LogP contribution is -2.10. The van der Waals surface area contributed by atoms with Crippen LogP contribution in [0.15, 0.2) is 79.0 Å². The van der Waals surface area contributed by atoms with Crippen molar-refractivity contribution in [2.75, 3.05) is 0 Å². The third-order valence-corrected chi connectivity index (χ3v) is 3.78. The van der Waals surface area contributed by atoms with Crippen LogP contribution >= 0.6 is 22.6 Å². The second-order valence-electron chi connectivity index (χ2n) is 4.63. The van der Waals surface area contributed by atoms with Crippen LogP contribution in [-0.2, 0) is 0 Å². The van der Waals surface area contributed by atoms with Gasteiger partial charge in [0.2, 0.25) is 5.88 Å². The van der Waals surface area contributed by atoms with E-state index < -0.39 is 0 Å². The van der Waals surface area contributed by atoms with Gasteiger partial charge >= 0.3 is 0 Å². The maximum Gasteiger partial charge on any atom is 0.214 e. The van der Waals surface area contributed by atoms with Gasteiger partial charge in [-0.3, -0.25) is 0 Å². The summed E-state index contributed by atoms with van der Waals surface area (Å²) in [7, 11) is 0. The number of ether oxygens (including phenoxy) is 1. The zero-order valence-corrected chi connectivity index (χ0v) is 13.5. The standard InChI is InChI=1S/C18H14INO/c19-16-11-12-17(20-13-16)21-18(14-7-3-1-4-8-14)15-9-5-2-6-10-15/h1-13,18H. The van der Waals surface area contributed by atoms with Crippen molar-refractivity contribution in [2.45, 2.75) is 6.10 Å². The van der Waals surface area contributed by atoms with Crippen LogP contribution in [0.4, 0.5) is 0 Å². The molecular formula is C18H14INO. The van der Waals surface area contributed by atoms with Crippen LogP contribution in [0.3, 0.4) is 0 Å². The van der Waals surface area contributed by atoms with Crippen LogP contribution in [0.2, 0.25) is 0 Å². The monoisotopic (exact) mass is 387 g/mol. The summed E-state index contributed by atoms with van der Waals surface area (Å²) in [6, 6.07) is 24.3. The predicted octanol–water partition coefficient (Wildman–Crippen LogP) is 4.85. The number of rotatable bonds is 4. The summed E-state index contributed by atoms with van der Waals surface area (Å²) in [6.45, 7) is 0. The number of nitrogens with zero attached hydrogens (tertiary/aromatic N) is 1. The number of benzene rings is 2. The van der Waals surface area contributed by atoms with Gasteiger partial charge in [0.15, 0.2) is 6.10 Å². The number of halogens is 1. The molecule has 0 unspecified atom stereocenters. The normalized spacial score (nSPS) is 10.6. The molecule has 0 aliphatic heterocycles. The van der Waals surface area contributed by atoms with E-state index in [9.17, 15) is 0 Å². The highest BCUT2D eigenvalue weighted by Crippen LogP contribution is 2.27. The summed E-state index contributed by atoms with van der Waals surface area (Å²) >= 11 is 2.24. The van der Waals surface area contributed by atoms with Gasteiger partial charge in [0.05, 0.1) is 0 Å². The molecule has 0 bridgehead atoms. The Bertz CT molecular complexity index is 644. The largest absolute Gasteiger partial charge is 0.465 e. The van der Waals surface area contributed by atoms with Crippen LogP contribution in [0, 0.1) is 3.57 Å². The van der Waals surface area contributed by atoms with E-state index in [2.05, 4.69) is 51.8 Å². The highest BCUT2D eigenvalue weighted by atomic mass is 127. The van der Waals surface area contributed by atoms with Crippen LogP contribution in [0.1, 0.15) is 17.2 Å². The van der Waals surface area contributed by atoms with Crippen LogP contribution in [-0.4, -0.2) is 4.98 Å². The Morgan fingerprint density at radius 3 is 1.81 bits per heavy atom. The van der Waals surface area contributed by atoms with E-state index in [4.69, 9.17) is 4.74 Å². The molecular weight excluding hydrogens is 373 g/mol. The molecule has 1 heterocycles. The minimum Gasteiger partial charge on any atom is -0.465 e. The Labute approximate surface area is 138 Å². The fraction of sp³-hybridized carbons (Fsp3) is 0.0556. The predicted molar refractivity (Wildman–Crippen MR) is 92.3 cm³/mol. The first-order chi connectivity index (χ1) is 10.3. The molecule has 2 nitrogen and oxygen atoms in total. The minimum absolute atomic E-state index is 0.153. The average molecular weight is 387 g/mol. The van der Waals surface area contributed by atoms with Crippen molar-refractivity contribution in [3.05, 3.63) is 93.7 Å². The zero-order chi connectivity index (χ0) is 14.5. The van der Waals surface area contributed by atoms with Crippen molar-refractivity contribution >= 4 is 22.6 Å². The first-order valence-corrected chi connectivity index (χ1v) is 7.79. The van der Waals surface area contributed by atoms with Gasteiger partial charge in [0, 0.05) is 15.8 Å². The summed E-state index contributed by atoms with van der Waals surface area (Å²) in [6.07, 6.45) is 1.66. The van der Waals surface area contributed by atoms with Gasteiger partial charge in [0.1, 0.15) is 0 Å². The number of pyridine rings is 1. The molecule has 0 spiro atoms. The van der Waals surface area contributed by atoms with Crippen LogP contribution in [0.5, 0.6) is 5.88 Å². The molecule has 0 aliphatic carbocycles. The van der Waals surface area contributed by atoms with Crippen molar-refractivity contribution in [1.82, 2.24) is 4.98 Å². The highest BCUT2D eigenvalue weighted by Gasteiger charge is 2.16. The molecule has 0 amide bonds. The lowest BCUT2D eigenvalue weighted by atomic mass is 10.0. The molecule has 0 atom stereocenters. The summed E-state index contributed by atoms with van der Waals surface area (Å²) in [4.78, 5) is 4.34. The third kappa shape index (κ3) is 3.61. The van der Waals surface area contributed by atoms with Crippen LogP contribution in [0.25, 0.3) is 0 Å². The molecule has 0 saturated heterocycles. The molecule has 0 N–H and O–H groups in total. The Kier molecular flexibility index (Phi) is 4.50. The first kappa shape index (κ1) is 14.1. The fourth-order valence-electron chi connectivity index (χ4n) is 2.14. The van der Waals surface area contributed by atoms with E-state index in [1.165, 1.54) is 0 Å². The molecule has 0 fully saturated rings. The molecule has 0 radical (unpaired) electrons. The molecule has 2 aromatic carbocycles. The molecule has 1 aromatic heterocycles. The molecule has 0 aliphatic rings. The second kappa shape index (κ2) is 6.72. The van der Waals surface area contributed by atoms with Gasteiger partial charge < -0.3 is 4.74 Å². The van der Waals surface area contributed by atoms with E-state index in [0.29, 0.717) is 5.88 Å². The third-order valence-electron chi connectivity index (χ3n) is 3.14. The maximum atomic E-state index is 6.13.